The number of aromatic nitrogens is 1. The lowest BCUT2D eigenvalue weighted by Gasteiger charge is -2.31. The van der Waals surface area contributed by atoms with Gasteiger partial charge in [0.05, 0.1) is 12.2 Å². The Balaban J connectivity index is 1.84. The lowest BCUT2D eigenvalue weighted by Crippen LogP contribution is -2.46. The zero-order valence-corrected chi connectivity index (χ0v) is 17.0. The molecule has 1 atom stereocenters. The van der Waals surface area contributed by atoms with Crippen molar-refractivity contribution in [3.63, 3.8) is 0 Å². The van der Waals surface area contributed by atoms with Gasteiger partial charge in [0.1, 0.15) is 11.5 Å². The first-order valence-electron chi connectivity index (χ1n) is 9.27. The number of carbonyl (C=O) groups excluding carboxylic acids is 1. The van der Waals surface area contributed by atoms with Gasteiger partial charge in [0.15, 0.2) is 10.7 Å². The van der Waals surface area contributed by atoms with Gasteiger partial charge >= 0.3 is 0 Å². The molecule has 8 nitrogen and oxygen atoms in total. The maximum absolute atomic E-state index is 13.3. The molecule has 1 saturated heterocycles. The van der Waals surface area contributed by atoms with Gasteiger partial charge in [-0.2, -0.15) is 4.31 Å². The van der Waals surface area contributed by atoms with E-state index in [-0.39, 0.29) is 40.8 Å². The highest BCUT2D eigenvalue weighted by Gasteiger charge is 2.36. The Morgan fingerprint density at radius 2 is 2.18 bits per heavy atom. The minimum Gasteiger partial charge on any atom is -0.465 e. The van der Waals surface area contributed by atoms with E-state index in [1.165, 1.54) is 16.6 Å². The largest absolute Gasteiger partial charge is 0.465 e. The molecule has 28 heavy (non-hydrogen) atoms. The van der Waals surface area contributed by atoms with Crippen LogP contribution in [0.5, 0.6) is 0 Å². The fraction of sp³-hybridized carbons (Fsp3) is 0.474. The minimum absolute atomic E-state index is 0.0122. The number of hydrogen-bond donors (Lipinski definition) is 1. The number of furan rings is 1. The van der Waals surface area contributed by atoms with Crippen LogP contribution in [0.25, 0.3) is 12.2 Å². The Morgan fingerprint density at radius 3 is 2.86 bits per heavy atom. The van der Waals surface area contributed by atoms with Gasteiger partial charge in [-0.15, -0.1) is 0 Å². The van der Waals surface area contributed by atoms with E-state index >= 15 is 0 Å². The summed E-state index contributed by atoms with van der Waals surface area (Å²) in [4.78, 5) is 12.4. The number of nitrogens with zero attached hydrogens (tertiary/aromatic N) is 2. The molecule has 0 aliphatic carbocycles. The van der Waals surface area contributed by atoms with Crippen LogP contribution in [-0.2, 0) is 14.8 Å². The summed E-state index contributed by atoms with van der Waals surface area (Å²) >= 11 is 0. The third-order valence-electron chi connectivity index (χ3n) is 4.56. The highest BCUT2D eigenvalue weighted by Crippen LogP contribution is 2.29. The smallest absolute Gasteiger partial charge is 0.248 e. The number of amides is 1. The standard InChI is InChI=1S/C19H25N3O5S/c1-13(2)20-19(23)15-6-4-10-22(12-15)28(24,25)18-14(3)21-27-17(18)9-8-16-7-5-11-26-16/h5,7-9,11,13,15H,4,6,10,12H2,1-3H3,(H,20,23). The molecular formula is C19H25N3O5S. The summed E-state index contributed by atoms with van der Waals surface area (Å²) in [5.74, 6) is 0.228. The van der Waals surface area contributed by atoms with E-state index < -0.39 is 10.0 Å². The fourth-order valence-corrected chi connectivity index (χ4v) is 5.02. The molecule has 152 valence electrons. The number of aryl methyl sites for hydroxylation is 1. The molecule has 0 spiro atoms. The first kappa shape index (κ1) is 20.3. The summed E-state index contributed by atoms with van der Waals surface area (Å²) in [6, 6.07) is 3.49. The van der Waals surface area contributed by atoms with Crippen molar-refractivity contribution < 1.29 is 22.2 Å². The number of nitrogens with one attached hydrogen (secondary N) is 1. The van der Waals surface area contributed by atoms with Crippen LogP contribution < -0.4 is 5.32 Å². The Kier molecular flexibility index (Phi) is 6.04. The minimum atomic E-state index is -3.85. The number of rotatable bonds is 6. The first-order chi connectivity index (χ1) is 13.3. The van der Waals surface area contributed by atoms with Gasteiger partial charge in [-0.05, 0) is 57.9 Å². The lowest BCUT2D eigenvalue weighted by molar-refractivity contribution is -0.126. The van der Waals surface area contributed by atoms with Gasteiger partial charge in [0.25, 0.3) is 0 Å². The number of sulfonamides is 1. The zero-order chi connectivity index (χ0) is 20.3. The first-order valence-corrected chi connectivity index (χ1v) is 10.7. The quantitative estimate of drug-likeness (QED) is 0.789. The number of piperidine rings is 1. The van der Waals surface area contributed by atoms with Crippen molar-refractivity contribution in [1.29, 1.82) is 0 Å². The van der Waals surface area contributed by atoms with Gasteiger partial charge in [-0.25, -0.2) is 8.42 Å². The molecular weight excluding hydrogens is 382 g/mol. The van der Waals surface area contributed by atoms with Crippen molar-refractivity contribution in [2.24, 2.45) is 5.92 Å². The molecule has 1 N–H and O–H groups in total. The van der Waals surface area contributed by atoms with Crippen LogP contribution in [0.1, 0.15) is 43.9 Å². The molecule has 2 aromatic rings. The maximum atomic E-state index is 13.3. The molecule has 0 saturated carbocycles. The van der Waals surface area contributed by atoms with E-state index in [4.69, 9.17) is 8.94 Å². The SMILES string of the molecule is Cc1noc(C=Cc2ccco2)c1S(=O)(=O)N1CCCC(C(=O)NC(C)C)C1. The predicted molar refractivity (Wildman–Crippen MR) is 104 cm³/mol. The lowest BCUT2D eigenvalue weighted by atomic mass is 9.98. The molecule has 0 radical (unpaired) electrons. The van der Waals surface area contributed by atoms with Crippen LogP contribution in [0.15, 0.2) is 32.2 Å². The Bertz CT molecular complexity index is 944. The Morgan fingerprint density at radius 1 is 1.39 bits per heavy atom. The van der Waals surface area contributed by atoms with Crippen molar-refractivity contribution >= 4 is 28.1 Å². The summed E-state index contributed by atoms with van der Waals surface area (Å²) in [5.41, 5.74) is 0.285. The zero-order valence-electron chi connectivity index (χ0n) is 16.2. The normalized spacial score (nSPS) is 18.8. The van der Waals surface area contributed by atoms with E-state index in [0.717, 1.165) is 0 Å². The second-order valence-corrected chi connectivity index (χ2v) is 9.05. The Labute approximate surface area is 164 Å². The average Bonchev–Trinajstić information content (AvgIpc) is 3.29. The molecule has 1 aliphatic heterocycles. The van der Waals surface area contributed by atoms with Crippen LogP contribution >= 0.6 is 0 Å². The Hall–Kier alpha value is -2.39. The highest BCUT2D eigenvalue weighted by molar-refractivity contribution is 7.89. The molecule has 9 heteroatoms. The number of hydrogen-bond acceptors (Lipinski definition) is 6. The third kappa shape index (κ3) is 4.36. The average molecular weight is 407 g/mol. The van der Waals surface area contributed by atoms with Crippen molar-refractivity contribution in [1.82, 2.24) is 14.8 Å². The summed E-state index contributed by atoms with van der Waals surface area (Å²) in [7, 11) is -3.85. The monoisotopic (exact) mass is 407 g/mol. The van der Waals surface area contributed by atoms with Gasteiger partial charge in [0, 0.05) is 19.1 Å². The highest BCUT2D eigenvalue weighted by atomic mass is 32.2. The fourth-order valence-electron chi connectivity index (χ4n) is 3.25. The molecule has 1 fully saturated rings. The van der Waals surface area contributed by atoms with E-state index in [9.17, 15) is 13.2 Å². The molecule has 1 unspecified atom stereocenters. The second-order valence-electron chi connectivity index (χ2n) is 7.18. The maximum Gasteiger partial charge on any atom is 0.248 e. The van der Waals surface area contributed by atoms with Gasteiger partial charge in [0.2, 0.25) is 15.9 Å². The second kappa shape index (κ2) is 8.32. The van der Waals surface area contributed by atoms with Gasteiger partial charge in [-0.1, -0.05) is 5.16 Å². The van der Waals surface area contributed by atoms with Crippen LogP contribution in [0.4, 0.5) is 0 Å². The van der Waals surface area contributed by atoms with E-state index in [1.807, 2.05) is 13.8 Å². The van der Waals surface area contributed by atoms with Crippen LogP contribution in [0.3, 0.4) is 0 Å². The molecule has 3 rings (SSSR count). The number of carbonyl (C=O) groups is 1. The van der Waals surface area contributed by atoms with E-state index in [1.54, 1.807) is 25.1 Å². The topological polar surface area (TPSA) is 106 Å². The molecule has 1 amide bonds. The third-order valence-corrected chi connectivity index (χ3v) is 6.58. The predicted octanol–water partition coefficient (Wildman–Crippen LogP) is 2.67. The summed E-state index contributed by atoms with van der Waals surface area (Å²) in [6.45, 7) is 5.86. The van der Waals surface area contributed by atoms with E-state index in [0.29, 0.717) is 25.1 Å². The van der Waals surface area contributed by atoms with Crippen LogP contribution in [0, 0.1) is 12.8 Å². The molecule has 1 aliphatic rings. The van der Waals surface area contributed by atoms with Crippen LogP contribution in [-0.4, -0.2) is 42.9 Å². The van der Waals surface area contributed by atoms with Crippen molar-refractivity contribution in [3.05, 3.63) is 35.6 Å². The molecule has 3 heterocycles. The van der Waals surface area contributed by atoms with E-state index in [2.05, 4.69) is 10.5 Å². The van der Waals surface area contributed by atoms with Gasteiger partial charge in [-0.3, -0.25) is 4.79 Å². The van der Waals surface area contributed by atoms with Crippen LogP contribution in [0.2, 0.25) is 0 Å². The van der Waals surface area contributed by atoms with Crippen molar-refractivity contribution in [2.45, 2.75) is 44.6 Å². The summed E-state index contributed by atoms with van der Waals surface area (Å²) in [6.07, 6.45) is 5.96. The summed E-state index contributed by atoms with van der Waals surface area (Å²) in [5, 5.41) is 6.69. The molecule has 0 aromatic carbocycles. The van der Waals surface area contributed by atoms with Crippen molar-refractivity contribution in [2.75, 3.05) is 13.1 Å². The molecule has 2 aromatic heterocycles. The van der Waals surface area contributed by atoms with Crippen molar-refractivity contribution in [3.8, 4) is 0 Å². The van der Waals surface area contributed by atoms with Gasteiger partial charge < -0.3 is 14.3 Å². The molecule has 0 bridgehead atoms. The summed E-state index contributed by atoms with van der Waals surface area (Å²) < 4.78 is 38.4.